The van der Waals surface area contributed by atoms with E-state index < -0.39 is 0 Å². The van der Waals surface area contributed by atoms with E-state index in [2.05, 4.69) is 38.5 Å². The van der Waals surface area contributed by atoms with Gasteiger partial charge < -0.3 is 0 Å². The van der Waals surface area contributed by atoms with Gasteiger partial charge in [0.15, 0.2) is 10.9 Å². The molecular weight excluding hydrogens is 503 g/mol. The van der Waals surface area contributed by atoms with Crippen molar-refractivity contribution in [3.05, 3.63) is 77.0 Å². The van der Waals surface area contributed by atoms with Crippen LogP contribution in [-0.4, -0.2) is 0 Å². The van der Waals surface area contributed by atoms with E-state index in [1.165, 1.54) is 0 Å². The van der Waals surface area contributed by atoms with Crippen molar-refractivity contribution in [2.24, 2.45) is 0 Å². The van der Waals surface area contributed by atoms with E-state index in [0.29, 0.717) is 21.5 Å². The van der Waals surface area contributed by atoms with Crippen molar-refractivity contribution in [1.82, 2.24) is 0 Å². The van der Waals surface area contributed by atoms with Gasteiger partial charge in [0.25, 0.3) is 0 Å². The highest BCUT2D eigenvalue weighted by Crippen LogP contribution is 2.46. The van der Waals surface area contributed by atoms with E-state index in [1.807, 2.05) is 48.5 Å². The maximum absolute atomic E-state index is 13.4. The van der Waals surface area contributed by atoms with Gasteiger partial charge in [-0.2, -0.15) is 0 Å². The van der Waals surface area contributed by atoms with E-state index >= 15 is 0 Å². The Morgan fingerprint density at radius 3 is 2.19 bits per heavy atom. The molecule has 26 heavy (non-hydrogen) atoms. The SMILES string of the molecule is O=c1c2ccc3cc(Br)c(I)c4c(=O)c5ccc6cccc1c6c5-c2c34. The average Bonchev–Trinajstić information content (AvgIpc) is 2.65. The second kappa shape index (κ2) is 4.81. The van der Waals surface area contributed by atoms with Crippen molar-refractivity contribution < 1.29 is 0 Å². The molecule has 0 spiro atoms. The van der Waals surface area contributed by atoms with Crippen LogP contribution in [0, 0.1) is 3.57 Å². The lowest BCUT2D eigenvalue weighted by atomic mass is 9.81. The molecule has 2 nitrogen and oxygen atoms in total. The van der Waals surface area contributed by atoms with Crippen LogP contribution in [0.5, 0.6) is 0 Å². The van der Waals surface area contributed by atoms with Crippen molar-refractivity contribution in [3.8, 4) is 11.1 Å². The summed E-state index contributed by atoms with van der Waals surface area (Å²) in [4.78, 5) is 26.6. The quantitative estimate of drug-likeness (QED) is 0.147. The first-order valence-electron chi connectivity index (χ1n) is 8.18. The van der Waals surface area contributed by atoms with Crippen molar-refractivity contribution in [2.45, 2.75) is 0 Å². The molecule has 0 aromatic heterocycles. The number of hydrogen-bond donors (Lipinski definition) is 0. The maximum Gasteiger partial charge on any atom is 0.195 e. The standard InChI is InChI=1S/C22H8BrIO2/c23-14-8-10-5-7-12-18-16(10)19(20(14)24)22(26)13-6-4-9-2-1-3-11(21(12)25)15(9)17(13)18/h1-8H. The van der Waals surface area contributed by atoms with Crippen LogP contribution in [0.25, 0.3) is 54.2 Å². The highest BCUT2D eigenvalue weighted by atomic mass is 127. The Hall–Kier alpha value is -2.05. The fourth-order valence-electron chi connectivity index (χ4n) is 4.40. The summed E-state index contributed by atoms with van der Waals surface area (Å²) in [6.45, 7) is 0. The van der Waals surface area contributed by atoms with Crippen molar-refractivity contribution in [3.63, 3.8) is 0 Å². The van der Waals surface area contributed by atoms with Crippen molar-refractivity contribution in [1.29, 1.82) is 0 Å². The lowest BCUT2D eigenvalue weighted by molar-refractivity contribution is 1.61. The summed E-state index contributed by atoms with van der Waals surface area (Å²) in [5, 5.41) is 6.57. The third-order valence-electron chi connectivity index (χ3n) is 5.46. The molecule has 0 atom stereocenters. The van der Waals surface area contributed by atoms with Gasteiger partial charge in [0.2, 0.25) is 0 Å². The summed E-state index contributed by atoms with van der Waals surface area (Å²) in [7, 11) is 0. The summed E-state index contributed by atoms with van der Waals surface area (Å²) in [5.74, 6) is 0. The lowest BCUT2D eigenvalue weighted by Crippen LogP contribution is -2.13. The zero-order valence-electron chi connectivity index (χ0n) is 13.2. The third kappa shape index (κ3) is 1.59. The van der Waals surface area contributed by atoms with Crippen LogP contribution < -0.4 is 10.9 Å². The summed E-state index contributed by atoms with van der Waals surface area (Å²) < 4.78 is 1.80. The lowest BCUT2D eigenvalue weighted by Gasteiger charge is -2.21. The molecule has 0 saturated heterocycles. The largest absolute Gasteiger partial charge is 0.289 e. The number of benzene rings is 6. The van der Waals surface area contributed by atoms with Gasteiger partial charge in [-0.05, 0) is 67.5 Å². The molecule has 0 saturated carbocycles. The summed E-state index contributed by atoms with van der Waals surface area (Å²) >= 11 is 5.79. The minimum absolute atomic E-state index is 0.0337. The highest BCUT2D eigenvalue weighted by Gasteiger charge is 2.26. The minimum atomic E-state index is 0.0337. The van der Waals surface area contributed by atoms with Gasteiger partial charge in [0, 0.05) is 51.5 Å². The molecule has 4 heteroatoms. The molecule has 0 amide bonds. The first-order valence-corrected chi connectivity index (χ1v) is 10.1. The predicted octanol–water partition coefficient (Wildman–Crippen LogP) is 5.81. The van der Waals surface area contributed by atoms with Crippen LogP contribution in [0.15, 0.2) is 62.6 Å². The molecule has 0 fully saturated rings. The topological polar surface area (TPSA) is 34.1 Å². The Morgan fingerprint density at radius 2 is 1.38 bits per heavy atom. The smallest absolute Gasteiger partial charge is 0.195 e. The molecule has 0 heterocycles. The fraction of sp³-hybridized carbons (Fsp3) is 0. The van der Waals surface area contributed by atoms with Crippen LogP contribution in [-0.2, 0) is 0 Å². The monoisotopic (exact) mass is 510 g/mol. The molecule has 122 valence electrons. The predicted molar refractivity (Wildman–Crippen MR) is 120 cm³/mol. The molecule has 6 rings (SSSR count). The summed E-state index contributed by atoms with van der Waals surface area (Å²) in [6, 6.07) is 15.5. The first kappa shape index (κ1) is 15.1. The average molecular weight is 511 g/mol. The van der Waals surface area contributed by atoms with Gasteiger partial charge in [-0.15, -0.1) is 0 Å². The van der Waals surface area contributed by atoms with E-state index in [1.54, 1.807) is 0 Å². The van der Waals surface area contributed by atoms with E-state index in [9.17, 15) is 9.59 Å². The summed E-state index contributed by atoms with van der Waals surface area (Å²) in [6.07, 6.45) is 0. The van der Waals surface area contributed by atoms with Crippen LogP contribution in [0.4, 0.5) is 0 Å². The second-order valence-electron chi connectivity index (χ2n) is 6.68. The molecule has 0 aliphatic heterocycles. The Bertz CT molecular complexity index is 1590. The van der Waals surface area contributed by atoms with E-state index in [4.69, 9.17) is 0 Å². The van der Waals surface area contributed by atoms with E-state index in [-0.39, 0.29) is 10.9 Å². The van der Waals surface area contributed by atoms with Crippen LogP contribution in [0.1, 0.15) is 0 Å². The van der Waals surface area contributed by atoms with Crippen LogP contribution >= 0.6 is 38.5 Å². The van der Waals surface area contributed by atoms with Crippen LogP contribution in [0.3, 0.4) is 0 Å². The molecule has 0 bridgehead atoms. The number of hydrogen-bond acceptors (Lipinski definition) is 2. The second-order valence-corrected chi connectivity index (χ2v) is 8.62. The molecule has 4 aromatic carbocycles. The zero-order valence-corrected chi connectivity index (χ0v) is 16.9. The van der Waals surface area contributed by atoms with Crippen molar-refractivity contribution >= 4 is 81.6 Å². The fourth-order valence-corrected chi connectivity index (χ4v) is 5.51. The number of halogens is 2. The number of rotatable bonds is 0. The molecular formula is C22H8BrIO2. The van der Waals surface area contributed by atoms with Gasteiger partial charge in [0.05, 0.1) is 0 Å². The Kier molecular flexibility index (Phi) is 2.78. The van der Waals surface area contributed by atoms with Crippen LogP contribution in [0.2, 0.25) is 0 Å². The van der Waals surface area contributed by atoms with E-state index in [0.717, 1.165) is 40.7 Å². The third-order valence-corrected chi connectivity index (χ3v) is 7.94. The molecule has 2 aliphatic carbocycles. The molecule has 4 aromatic rings. The summed E-state index contributed by atoms with van der Waals surface area (Å²) in [5.41, 5.74) is 1.92. The normalized spacial score (nSPS) is 12.5. The van der Waals surface area contributed by atoms with Gasteiger partial charge in [-0.25, -0.2) is 0 Å². The van der Waals surface area contributed by atoms with Gasteiger partial charge >= 0.3 is 0 Å². The Morgan fingerprint density at radius 1 is 0.692 bits per heavy atom. The Labute approximate surface area is 169 Å². The van der Waals surface area contributed by atoms with Gasteiger partial charge in [-0.3, -0.25) is 9.59 Å². The zero-order chi connectivity index (χ0) is 17.7. The van der Waals surface area contributed by atoms with Gasteiger partial charge in [-0.1, -0.05) is 30.3 Å². The first-order chi connectivity index (χ1) is 12.6. The molecule has 0 radical (unpaired) electrons. The van der Waals surface area contributed by atoms with Gasteiger partial charge in [0.1, 0.15) is 0 Å². The molecule has 0 unspecified atom stereocenters. The maximum atomic E-state index is 13.4. The highest BCUT2D eigenvalue weighted by molar-refractivity contribution is 14.1. The van der Waals surface area contributed by atoms with Crippen molar-refractivity contribution in [2.75, 3.05) is 0 Å². The minimum Gasteiger partial charge on any atom is -0.289 e. The molecule has 0 N–H and O–H groups in total. The molecule has 2 aliphatic rings. The Balaban J connectivity index is 2.17.